The molecule has 5 aliphatic rings. The van der Waals surface area contributed by atoms with Crippen LogP contribution < -0.4 is 20.9 Å². The second-order valence-corrected chi connectivity index (χ2v) is 39.3. The molecule has 8 heterocycles. The number of phenolic OH excluding ortho intramolecular Hbond substituents is 4. The summed E-state index contributed by atoms with van der Waals surface area (Å²) in [5, 5.41) is 82.4. The van der Waals surface area contributed by atoms with Crippen LogP contribution in [0.2, 0.25) is 0 Å². The topological polar surface area (TPSA) is 419 Å². The van der Waals surface area contributed by atoms with Crippen LogP contribution in [0.3, 0.4) is 0 Å². The fourth-order valence-electron chi connectivity index (χ4n) is 18.3. The van der Waals surface area contributed by atoms with Crippen molar-refractivity contribution in [3.05, 3.63) is 107 Å². The minimum Gasteiger partial charge on any atom is -0.508 e. The summed E-state index contributed by atoms with van der Waals surface area (Å²) >= 11 is 0. The number of amidine groups is 2. The predicted octanol–water partition coefficient (Wildman–Crippen LogP) is 10.3. The van der Waals surface area contributed by atoms with Gasteiger partial charge in [0.1, 0.15) is 57.3 Å². The number of piperidine rings is 2. The molecule has 0 aliphatic carbocycles. The number of likely N-dealkylation sites (N-methyl/N-ethyl adjacent to an activating group) is 1. The highest BCUT2D eigenvalue weighted by Gasteiger charge is 2.39. The molecule has 7 aromatic rings. The number of hydrogen-bond donors (Lipinski definition) is 9. The van der Waals surface area contributed by atoms with E-state index >= 15 is 19.2 Å². The van der Waals surface area contributed by atoms with E-state index in [0.717, 1.165) is 45.8 Å². The zero-order valence-electron chi connectivity index (χ0n) is 78.4. The summed E-state index contributed by atoms with van der Waals surface area (Å²) in [6.07, 6.45) is 7.52. The maximum atomic E-state index is 15.1. The highest BCUT2D eigenvalue weighted by molar-refractivity contribution is 6.48. The average molecular weight is 1800 g/mol. The Balaban J connectivity index is 0.776. The van der Waals surface area contributed by atoms with Crippen molar-refractivity contribution >= 4 is 92.6 Å². The van der Waals surface area contributed by atoms with E-state index in [1.54, 1.807) is 123 Å². The normalized spacial score (nSPS) is 17.9. The van der Waals surface area contributed by atoms with Crippen LogP contribution in [-0.4, -0.2) is 285 Å². The van der Waals surface area contributed by atoms with Crippen molar-refractivity contribution in [2.24, 2.45) is 11.8 Å². The minimum atomic E-state index is -1.08. The lowest BCUT2D eigenvalue weighted by Crippen LogP contribution is -2.53. The molecule has 8 bridgehead atoms. The first-order chi connectivity index (χ1) is 61.3. The number of carbonyl (C=O) groups is 9. The zero-order chi connectivity index (χ0) is 94.3. The van der Waals surface area contributed by atoms with Gasteiger partial charge in [-0.25, -0.2) is 0 Å². The molecule has 0 radical (unpaired) electrons. The second kappa shape index (κ2) is 40.9. The van der Waals surface area contributed by atoms with Crippen LogP contribution in [0, 0.1) is 22.7 Å². The molecule has 9 N–H and O–H groups in total. The van der Waals surface area contributed by atoms with Crippen LogP contribution in [0.1, 0.15) is 225 Å². The summed E-state index contributed by atoms with van der Waals surface area (Å²) in [7, 11) is 0. The Morgan fingerprint density at radius 1 is 0.508 bits per heavy atom. The van der Waals surface area contributed by atoms with Gasteiger partial charge < -0.3 is 74.3 Å². The Morgan fingerprint density at radius 3 is 1.38 bits per heavy atom. The molecular formula is C96H133N17O17. The summed E-state index contributed by atoms with van der Waals surface area (Å²) in [5.74, 6) is -6.04. The molecule has 5 amide bonds. The Bertz CT molecular complexity index is 5330. The number of ether oxygens (including phenoxy) is 4. The molecule has 130 heavy (non-hydrogen) atoms. The quantitative estimate of drug-likeness (QED) is 0.0111. The van der Waals surface area contributed by atoms with E-state index in [4.69, 9.17) is 24.4 Å². The summed E-state index contributed by atoms with van der Waals surface area (Å²) in [6, 6.07) is 15.0. The van der Waals surface area contributed by atoms with Crippen LogP contribution in [0.4, 0.5) is 5.69 Å². The third kappa shape index (κ3) is 24.4. The predicted molar refractivity (Wildman–Crippen MR) is 492 cm³/mol. The van der Waals surface area contributed by atoms with Gasteiger partial charge in [-0.1, -0.05) is 13.8 Å². The number of fused-ring (bicyclic) bond motifs is 9. The van der Waals surface area contributed by atoms with Gasteiger partial charge in [0.15, 0.2) is 11.7 Å². The molecule has 3 fully saturated rings. The SMILES string of the molecule is CCNC(=O)C(=N)N1C(=N)c2cc(c(O)cc2O)C(C)c2cn(CCC3CCN(C(=O)CC(CC(=O)N4CCC(CCn5cc6c7cc(ccc75)-n5c(C(=O)NCC)nnc5-c5cc(c(O)cc5O)C6C)CC4)NC(=O)CC[C@H](C(=O)OC(C)(C)C)N4CCN(CC(=O)OC(C)(C)C)CCN(CC(=O)OC(C)(C)C)CCN(CC(=O)OC(C)(C)C)CC4)CC3)c3ccc1cc23. The molecule has 0 spiro atoms. The lowest BCUT2D eigenvalue weighted by atomic mass is 9.89. The molecule has 704 valence electrons. The summed E-state index contributed by atoms with van der Waals surface area (Å²) < 4.78 is 29.6. The zero-order valence-corrected chi connectivity index (χ0v) is 78.4. The number of carbonyl (C=O) groups excluding carboxylic acids is 9. The average Bonchev–Trinajstić information content (AvgIpc) is 1.57. The molecule has 0 saturated carbocycles. The summed E-state index contributed by atoms with van der Waals surface area (Å²) in [4.78, 5) is 141. The molecule has 3 aromatic heterocycles. The number of esters is 4. The highest BCUT2D eigenvalue weighted by Crippen LogP contribution is 2.46. The number of hydrogen-bond acceptors (Lipinski definition) is 25. The maximum absolute atomic E-state index is 15.1. The molecule has 4 atom stereocenters. The van der Waals surface area contributed by atoms with Gasteiger partial charge in [0.2, 0.25) is 23.5 Å². The van der Waals surface area contributed by atoms with E-state index in [1.165, 1.54) is 23.1 Å². The number of aromatic nitrogens is 5. The van der Waals surface area contributed by atoms with E-state index in [2.05, 4.69) is 41.5 Å². The van der Waals surface area contributed by atoms with Crippen LogP contribution in [0.15, 0.2) is 73.1 Å². The van der Waals surface area contributed by atoms with E-state index in [-0.39, 0.29) is 167 Å². The smallest absolute Gasteiger partial charge is 0.323 e. The number of benzene rings is 4. The molecule has 12 rings (SSSR count). The summed E-state index contributed by atoms with van der Waals surface area (Å²) in [6.45, 7) is 33.8. The Labute approximate surface area is 760 Å². The number of amides is 5. The highest BCUT2D eigenvalue weighted by atomic mass is 16.6. The number of aromatic hydroxyl groups is 4. The van der Waals surface area contributed by atoms with Gasteiger partial charge in [0, 0.05) is 199 Å². The number of nitrogens with one attached hydrogen (secondary N) is 5. The second-order valence-electron chi connectivity index (χ2n) is 39.3. The van der Waals surface area contributed by atoms with Crippen LogP contribution in [0.25, 0.3) is 38.9 Å². The molecule has 34 heteroatoms. The van der Waals surface area contributed by atoms with Gasteiger partial charge in [0.25, 0.3) is 11.8 Å². The number of likely N-dealkylation sites (tertiary alicyclic amines) is 2. The van der Waals surface area contributed by atoms with Crippen LogP contribution in [-0.2, 0) is 70.4 Å². The number of rotatable bonds is 25. The third-order valence-electron chi connectivity index (χ3n) is 24.8. The van der Waals surface area contributed by atoms with Crippen molar-refractivity contribution in [1.82, 2.24) is 69.2 Å². The van der Waals surface area contributed by atoms with Gasteiger partial charge in [-0.2, -0.15) is 0 Å². The Morgan fingerprint density at radius 2 is 0.931 bits per heavy atom. The maximum Gasteiger partial charge on any atom is 0.323 e. The largest absolute Gasteiger partial charge is 0.508 e. The van der Waals surface area contributed by atoms with Crippen molar-refractivity contribution in [1.29, 1.82) is 10.8 Å². The van der Waals surface area contributed by atoms with E-state index < -0.39 is 87.8 Å². The van der Waals surface area contributed by atoms with Gasteiger partial charge in [-0.3, -0.25) is 83.0 Å². The molecule has 3 unspecified atom stereocenters. The minimum absolute atomic E-state index is 0.0318. The van der Waals surface area contributed by atoms with E-state index in [0.29, 0.717) is 113 Å². The van der Waals surface area contributed by atoms with Crippen molar-refractivity contribution in [3.63, 3.8) is 0 Å². The number of anilines is 1. The number of phenols is 4. The number of nitrogens with zero attached hydrogens (tertiary/aromatic N) is 12. The monoisotopic (exact) mass is 1800 g/mol. The van der Waals surface area contributed by atoms with Gasteiger partial charge in [0.05, 0.1) is 42.1 Å². The molecule has 3 saturated heterocycles. The fraction of sp³-hybridized carbons (Fsp3) is 0.573. The van der Waals surface area contributed by atoms with Gasteiger partial charge in [-0.15, -0.1) is 10.2 Å². The van der Waals surface area contributed by atoms with Crippen molar-refractivity contribution in [2.45, 2.75) is 234 Å². The van der Waals surface area contributed by atoms with Crippen LogP contribution in [0.5, 0.6) is 23.0 Å². The standard InChI is InChI=1S/C96H133N17O17/c1-17-99-90(124)87(98)112-63-19-21-73-67(47-63)71(58(3)65-49-69(86(112)97)78(116)51-76(65)114)53-110(73)35-29-60-25-31-108(32-26-60)81(119)45-62(46-82(120)109-33-27-61(28-34-109)30-36-111-54-72-59(4)66-50-70(79(117)52-77(66)115)88-102-103-89(91(125)100-18-2)113(88)64-20-22-74(111)68(72)48-64)101-80(118)24-23-75(92(126)130-96(14,15)16)107-43-41-105(56-84(122)128-94(8,9)10)39-37-104(55-83(121)127-93(5,6)7)38-40-106(42-44-107)57-85(123)129-95(11,12)13/h19-22,47-54,58-62,75,97-98,114-117H,17-18,23-46,55-57H2,1-16H3,(H,99,124)(H,100,125)(H,101,118)/t58?,59?,62?,75-/m1/s1. The first kappa shape index (κ1) is 97.6. The molecule has 5 aliphatic heterocycles. The molecular weight excluding hydrogens is 1660 g/mol. The fourth-order valence-corrected chi connectivity index (χ4v) is 18.3. The van der Waals surface area contributed by atoms with Crippen LogP contribution >= 0.6 is 0 Å². The summed E-state index contributed by atoms with van der Waals surface area (Å²) in [5.41, 5.74) is 2.49. The molecule has 34 nitrogen and oxygen atoms in total. The Hall–Kier alpha value is -11.5. The Kier molecular flexibility index (Phi) is 30.7. The van der Waals surface area contributed by atoms with E-state index in [1.807, 2.05) is 70.0 Å². The first-order valence-corrected chi connectivity index (χ1v) is 45.8. The molecule has 4 aromatic carbocycles. The number of aryl methyl sites for hydroxylation is 2. The van der Waals surface area contributed by atoms with Crippen molar-refractivity contribution in [3.8, 4) is 40.1 Å². The first-order valence-electron chi connectivity index (χ1n) is 45.8. The third-order valence-corrected chi connectivity index (χ3v) is 24.8. The van der Waals surface area contributed by atoms with Crippen molar-refractivity contribution < 1.29 is 82.5 Å². The van der Waals surface area contributed by atoms with Crippen molar-refractivity contribution in [2.75, 3.05) is 116 Å². The lowest BCUT2D eigenvalue weighted by Gasteiger charge is -2.37. The van der Waals surface area contributed by atoms with Gasteiger partial charge >= 0.3 is 23.9 Å². The lowest BCUT2D eigenvalue weighted by molar-refractivity contribution is -0.163. The van der Waals surface area contributed by atoms with E-state index in [9.17, 15) is 49.8 Å². The van der Waals surface area contributed by atoms with Gasteiger partial charge in [-0.05, 0) is 213 Å².